The molecule has 0 aromatic carbocycles. The molecule has 0 radical (unpaired) electrons. The van der Waals surface area contributed by atoms with E-state index in [1.807, 2.05) is 7.05 Å². The fourth-order valence-corrected chi connectivity index (χ4v) is 1.24. The maximum Gasteiger partial charge on any atom is 0.164 e. The van der Waals surface area contributed by atoms with E-state index in [4.69, 9.17) is 4.74 Å². The summed E-state index contributed by atoms with van der Waals surface area (Å²) in [6.07, 6.45) is 1.70. The first-order chi connectivity index (χ1) is 6.72. The molecule has 0 amide bonds. The molecule has 1 heterocycles. The van der Waals surface area contributed by atoms with Crippen LogP contribution in [0.1, 0.15) is 12.7 Å². The third-order valence-corrected chi connectivity index (χ3v) is 1.87. The number of aryl methyl sites for hydroxylation is 1. The van der Waals surface area contributed by atoms with Gasteiger partial charge in [0.2, 0.25) is 0 Å². The van der Waals surface area contributed by atoms with Crippen LogP contribution < -0.4 is 5.32 Å². The maximum absolute atomic E-state index is 5.04. The average molecular weight is 198 g/mol. The summed E-state index contributed by atoms with van der Waals surface area (Å²) in [7, 11) is 3.58. The number of hydrogen-bond donors (Lipinski definition) is 1. The van der Waals surface area contributed by atoms with Crippen LogP contribution in [0.3, 0.4) is 0 Å². The molecular formula is C9H18N4O. The van der Waals surface area contributed by atoms with Gasteiger partial charge >= 0.3 is 0 Å². The average Bonchev–Trinajstić information content (AvgIpc) is 2.52. The molecule has 0 bridgehead atoms. The van der Waals surface area contributed by atoms with Crippen molar-refractivity contribution < 1.29 is 4.74 Å². The minimum absolute atomic E-state index is 0.517. The number of ether oxygens (including phenoxy) is 1. The highest BCUT2D eigenvalue weighted by Crippen LogP contribution is 1.93. The van der Waals surface area contributed by atoms with Gasteiger partial charge in [-0.1, -0.05) is 6.92 Å². The van der Waals surface area contributed by atoms with E-state index >= 15 is 0 Å². The molecule has 5 nitrogen and oxygen atoms in total. The third kappa shape index (κ3) is 3.85. The van der Waals surface area contributed by atoms with E-state index in [2.05, 4.69) is 22.3 Å². The fraction of sp³-hybridized carbons (Fsp3) is 0.778. The zero-order valence-corrected chi connectivity index (χ0v) is 9.03. The Bertz CT molecular complexity index is 261. The highest BCUT2D eigenvalue weighted by molar-refractivity contribution is 4.80. The van der Waals surface area contributed by atoms with Gasteiger partial charge in [0.05, 0.1) is 6.54 Å². The van der Waals surface area contributed by atoms with Crippen molar-refractivity contribution in [2.75, 3.05) is 20.3 Å². The van der Waals surface area contributed by atoms with Gasteiger partial charge in [-0.2, -0.15) is 5.10 Å². The number of nitrogens with zero attached hydrogens (tertiary/aromatic N) is 3. The molecule has 1 aromatic heterocycles. The van der Waals surface area contributed by atoms with Gasteiger partial charge < -0.3 is 10.1 Å². The summed E-state index contributed by atoms with van der Waals surface area (Å²) in [5, 5.41) is 7.45. The van der Waals surface area contributed by atoms with Crippen LogP contribution in [0.15, 0.2) is 6.33 Å². The van der Waals surface area contributed by atoms with Gasteiger partial charge in [0.25, 0.3) is 0 Å². The lowest BCUT2D eigenvalue weighted by atomic mass is 10.2. The smallest absolute Gasteiger partial charge is 0.164 e. The predicted octanol–water partition coefficient (Wildman–Crippen LogP) is 0.187. The Kier molecular flexibility index (Phi) is 4.55. The summed E-state index contributed by atoms with van der Waals surface area (Å²) in [5.74, 6) is 1.35. The Morgan fingerprint density at radius 1 is 1.64 bits per heavy atom. The van der Waals surface area contributed by atoms with E-state index in [1.54, 1.807) is 18.1 Å². The summed E-state index contributed by atoms with van der Waals surface area (Å²) >= 11 is 0. The Hall–Kier alpha value is -0.940. The lowest BCUT2D eigenvalue weighted by Gasteiger charge is -2.09. The van der Waals surface area contributed by atoms with Gasteiger partial charge in [-0.25, -0.2) is 4.98 Å². The molecule has 14 heavy (non-hydrogen) atoms. The lowest BCUT2D eigenvalue weighted by molar-refractivity contribution is 0.158. The summed E-state index contributed by atoms with van der Waals surface area (Å²) in [5.41, 5.74) is 0. The van der Waals surface area contributed by atoms with Crippen LogP contribution in [-0.2, 0) is 18.3 Å². The first kappa shape index (κ1) is 11.1. The van der Waals surface area contributed by atoms with Crippen LogP contribution in [0.5, 0.6) is 0 Å². The minimum Gasteiger partial charge on any atom is -0.384 e. The van der Waals surface area contributed by atoms with Gasteiger partial charge in [0, 0.05) is 27.3 Å². The Morgan fingerprint density at radius 3 is 3.00 bits per heavy atom. The molecule has 1 unspecified atom stereocenters. The molecule has 80 valence electrons. The normalized spacial score (nSPS) is 13.1. The quantitative estimate of drug-likeness (QED) is 0.709. The van der Waals surface area contributed by atoms with E-state index in [0.717, 1.165) is 25.5 Å². The van der Waals surface area contributed by atoms with Crippen LogP contribution in [0.2, 0.25) is 0 Å². The topological polar surface area (TPSA) is 52.0 Å². The van der Waals surface area contributed by atoms with Crippen molar-refractivity contribution in [3.63, 3.8) is 0 Å². The molecule has 0 aliphatic rings. The Labute approximate surface area is 84.5 Å². The molecule has 1 N–H and O–H groups in total. The van der Waals surface area contributed by atoms with Crippen molar-refractivity contribution >= 4 is 0 Å². The second-order valence-corrected chi connectivity index (χ2v) is 3.53. The first-order valence-electron chi connectivity index (χ1n) is 4.76. The number of hydrogen-bond acceptors (Lipinski definition) is 4. The van der Waals surface area contributed by atoms with Gasteiger partial charge in [-0.15, -0.1) is 0 Å². The van der Waals surface area contributed by atoms with Gasteiger partial charge in [0.15, 0.2) is 5.82 Å². The zero-order valence-electron chi connectivity index (χ0n) is 9.03. The number of rotatable bonds is 6. The van der Waals surface area contributed by atoms with E-state index in [1.165, 1.54) is 0 Å². The molecule has 0 saturated carbocycles. The lowest BCUT2D eigenvalue weighted by Crippen LogP contribution is -2.23. The monoisotopic (exact) mass is 198 g/mol. The van der Waals surface area contributed by atoms with Crippen LogP contribution >= 0.6 is 0 Å². The van der Waals surface area contributed by atoms with Crippen LogP contribution in [0.4, 0.5) is 0 Å². The molecule has 0 fully saturated rings. The highest BCUT2D eigenvalue weighted by atomic mass is 16.5. The molecular weight excluding hydrogens is 180 g/mol. The summed E-state index contributed by atoms with van der Waals surface area (Å²) in [4.78, 5) is 4.12. The molecule has 0 spiro atoms. The molecule has 0 aliphatic heterocycles. The maximum atomic E-state index is 5.04. The minimum atomic E-state index is 0.517. The van der Waals surface area contributed by atoms with Crippen molar-refractivity contribution in [2.45, 2.75) is 13.5 Å². The van der Waals surface area contributed by atoms with Gasteiger partial charge in [-0.05, 0) is 5.92 Å². The Balaban J connectivity index is 2.15. The Morgan fingerprint density at radius 2 is 2.43 bits per heavy atom. The number of aromatic nitrogens is 3. The molecule has 1 rings (SSSR count). The SMILES string of the molecule is COCC(C)CNCc1ncn(C)n1. The summed E-state index contributed by atoms with van der Waals surface area (Å²) < 4.78 is 6.74. The van der Waals surface area contributed by atoms with Crippen LogP contribution in [0, 0.1) is 5.92 Å². The molecule has 0 aliphatic carbocycles. The largest absolute Gasteiger partial charge is 0.384 e. The van der Waals surface area contributed by atoms with E-state index in [0.29, 0.717) is 5.92 Å². The van der Waals surface area contributed by atoms with Crippen LogP contribution in [-0.4, -0.2) is 35.0 Å². The standard InChI is InChI=1S/C9H18N4O/c1-8(6-14-3)4-10-5-9-11-7-13(2)12-9/h7-8,10H,4-6H2,1-3H3. The highest BCUT2D eigenvalue weighted by Gasteiger charge is 2.02. The van der Waals surface area contributed by atoms with Gasteiger partial charge in [-0.3, -0.25) is 4.68 Å². The van der Waals surface area contributed by atoms with Gasteiger partial charge in [0.1, 0.15) is 6.33 Å². The fourth-order valence-electron chi connectivity index (χ4n) is 1.24. The summed E-state index contributed by atoms with van der Waals surface area (Å²) in [6, 6.07) is 0. The molecule has 1 aromatic rings. The molecule has 5 heteroatoms. The van der Waals surface area contributed by atoms with Crippen molar-refractivity contribution in [1.82, 2.24) is 20.1 Å². The second kappa shape index (κ2) is 5.72. The molecule has 0 saturated heterocycles. The summed E-state index contributed by atoms with van der Waals surface area (Å²) in [6.45, 7) is 4.56. The number of nitrogens with one attached hydrogen (secondary N) is 1. The van der Waals surface area contributed by atoms with Crippen LogP contribution in [0.25, 0.3) is 0 Å². The van der Waals surface area contributed by atoms with E-state index in [9.17, 15) is 0 Å². The first-order valence-corrected chi connectivity index (χ1v) is 4.76. The van der Waals surface area contributed by atoms with Crippen molar-refractivity contribution in [3.8, 4) is 0 Å². The second-order valence-electron chi connectivity index (χ2n) is 3.53. The van der Waals surface area contributed by atoms with Crippen molar-refractivity contribution in [2.24, 2.45) is 13.0 Å². The van der Waals surface area contributed by atoms with Crippen molar-refractivity contribution in [1.29, 1.82) is 0 Å². The predicted molar refractivity (Wildman–Crippen MR) is 53.7 cm³/mol. The zero-order chi connectivity index (χ0) is 10.4. The van der Waals surface area contributed by atoms with Crippen molar-refractivity contribution in [3.05, 3.63) is 12.2 Å². The molecule has 1 atom stereocenters. The van der Waals surface area contributed by atoms with E-state index < -0.39 is 0 Å². The number of methoxy groups -OCH3 is 1. The third-order valence-electron chi connectivity index (χ3n) is 1.87. The van der Waals surface area contributed by atoms with E-state index in [-0.39, 0.29) is 0 Å².